The van der Waals surface area contributed by atoms with Crippen LogP contribution in [0.1, 0.15) is 29.3 Å². The summed E-state index contributed by atoms with van der Waals surface area (Å²) in [7, 11) is 0. The van der Waals surface area contributed by atoms with Gasteiger partial charge in [-0.25, -0.2) is 9.97 Å². The summed E-state index contributed by atoms with van der Waals surface area (Å²) in [6, 6.07) is 0. The maximum absolute atomic E-state index is 4.51. The average Bonchev–Trinajstić information content (AvgIpc) is 3.05. The van der Waals surface area contributed by atoms with Crippen molar-refractivity contribution in [1.29, 1.82) is 0 Å². The van der Waals surface area contributed by atoms with Gasteiger partial charge in [0.2, 0.25) is 0 Å². The molecule has 0 saturated heterocycles. The second kappa shape index (κ2) is 4.01. The molecule has 19 heavy (non-hydrogen) atoms. The van der Waals surface area contributed by atoms with Crippen molar-refractivity contribution in [2.45, 2.75) is 39.3 Å². The van der Waals surface area contributed by atoms with Crippen molar-refractivity contribution in [2.75, 3.05) is 11.4 Å². The first kappa shape index (κ1) is 10.9. The highest BCUT2D eigenvalue weighted by Gasteiger charge is 2.25. The standard InChI is InChI=1S/C13H16N6/c1-9-16-17-12-7-18(5-6-19(9)12)13-10-3-2-4-11(10)14-8-15-13/h8H,2-7H2,1H3. The normalized spacial score (nSPS) is 17.4. The molecule has 0 bridgehead atoms. The van der Waals surface area contributed by atoms with Crippen LogP contribution in [0.2, 0.25) is 0 Å². The fourth-order valence-corrected chi connectivity index (χ4v) is 3.10. The molecule has 2 aromatic heterocycles. The second-order valence-electron chi connectivity index (χ2n) is 5.21. The van der Waals surface area contributed by atoms with E-state index < -0.39 is 0 Å². The van der Waals surface area contributed by atoms with Crippen LogP contribution in [0.4, 0.5) is 5.82 Å². The summed E-state index contributed by atoms with van der Waals surface area (Å²) in [6.45, 7) is 4.71. The Morgan fingerprint density at radius 2 is 2.05 bits per heavy atom. The Balaban J connectivity index is 1.70. The number of rotatable bonds is 1. The molecule has 2 aliphatic rings. The molecule has 6 nitrogen and oxygen atoms in total. The molecule has 3 heterocycles. The molecule has 0 radical (unpaired) electrons. The van der Waals surface area contributed by atoms with Crippen LogP contribution in [0, 0.1) is 6.92 Å². The first-order chi connectivity index (χ1) is 9.33. The van der Waals surface area contributed by atoms with Gasteiger partial charge in [0, 0.05) is 24.3 Å². The summed E-state index contributed by atoms with van der Waals surface area (Å²) >= 11 is 0. The molecule has 4 rings (SSSR count). The average molecular weight is 256 g/mol. The molecule has 1 aliphatic carbocycles. The molecule has 98 valence electrons. The lowest BCUT2D eigenvalue weighted by Crippen LogP contribution is -2.35. The van der Waals surface area contributed by atoms with Crippen LogP contribution in [0.15, 0.2) is 6.33 Å². The number of hydrogen-bond acceptors (Lipinski definition) is 5. The Bertz CT molecular complexity index is 632. The topological polar surface area (TPSA) is 59.7 Å². The number of hydrogen-bond donors (Lipinski definition) is 0. The molecular formula is C13H16N6. The van der Waals surface area contributed by atoms with Crippen molar-refractivity contribution in [3.05, 3.63) is 29.2 Å². The van der Waals surface area contributed by atoms with E-state index in [-0.39, 0.29) is 0 Å². The predicted molar refractivity (Wildman–Crippen MR) is 69.9 cm³/mol. The van der Waals surface area contributed by atoms with Crippen molar-refractivity contribution >= 4 is 5.82 Å². The van der Waals surface area contributed by atoms with Crippen LogP contribution in [0.3, 0.4) is 0 Å². The van der Waals surface area contributed by atoms with Crippen LogP contribution < -0.4 is 4.90 Å². The van der Waals surface area contributed by atoms with E-state index in [2.05, 4.69) is 29.6 Å². The zero-order chi connectivity index (χ0) is 12.8. The van der Waals surface area contributed by atoms with E-state index in [1.54, 1.807) is 6.33 Å². The van der Waals surface area contributed by atoms with Gasteiger partial charge in [0.25, 0.3) is 0 Å². The van der Waals surface area contributed by atoms with E-state index in [4.69, 9.17) is 0 Å². The largest absolute Gasteiger partial charge is 0.347 e. The Kier molecular flexibility index (Phi) is 2.30. The van der Waals surface area contributed by atoms with Crippen LogP contribution in [-0.4, -0.2) is 31.3 Å². The summed E-state index contributed by atoms with van der Waals surface area (Å²) in [6.07, 6.45) is 5.09. The minimum atomic E-state index is 0.796. The Hall–Kier alpha value is -1.98. The Morgan fingerprint density at radius 3 is 3.00 bits per heavy atom. The molecular weight excluding hydrogens is 240 g/mol. The molecule has 0 N–H and O–H groups in total. The van der Waals surface area contributed by atoms with Crippen LogP contribution in [-0.2, 0) is 25.9 Å². The summed E-state index contributed by atoms with van der Waals surface area (Å²) < 4.78 is 2.19. The molecule has 0 spiro atoms. The van der Waals surface area contributed by atoms with E-state index >= 15 is 0 Å². The SMILES string of the molecule is Cc1nnc2n1CCN(c1ncnc3c1CCC3)C2. The van der Waals surface area contributed by atoms with Crippen LogP contribution in [0.5, 0.6) is 0 Å². The molecule has 0 aromatic carbocycles. The predicted octanol–water partition coefficient (Wildman–Crippen LogP) is 0.885. The minimum Gasteiger partial charge on any atom is -0.347 e. The lowest BCUT2D eigenvalue weighted by molar-refractivity contribution is 0.545. The van der Waals surface area contributed by atoms with Crippen molar-refractivity contribution in [3.8, 4) is 0 Å². The third-order valence-electron chi connectivity index (χ3n) is 4.09. The maximum Gasteiger partial charge on any atom is 0.152 e. The van der Waals surface area contributed by atoms with Gasteiger partial charge in [0.15, 0.2) is 5.82 Å². The fourth-order valence-electron chi connectivity index (χ4n) is 3.10. The molecule has 0 fully saturated rings. The molecule has 0 unspecified atom stereocenters. The molecule has 0 saturated carbocycles. The number of fused-ring (bicyclic) bond motifs is 2. The van der Waals surface area contributed by atoms with Gasteiger partial charge in [-0.05, 0) is 26.2 Å². The van der Waals surface area contributed by atoms with E-state index in [1.165, 1.54) is 17.7 Å². The van der Waals surface area contributed by atoms with Crippen molar-refractivity contribution in [3.63, 3.8) is 0 Å². The van der Waals surface area contributed by atoms with Gasteiger partial charge in [-0.1, -0.05) is 0 Å². The van der Waals surface area contributed by atoms with E-state index in [9.17, 15) is 0 Å². The first-order valence-electron chi connectivity index (χ1n) is 6.79. The molecule has 0 amide bonds. The highest BCUT2D eigenvalue weighted by atomic mass is 15.3. The zero-order valence-electron chi connectivity index (χ0n) is 11.0. The number of nitrogens with zero attached hydrogens (tertiary/aromatic N) is 6. The van der Waals surface area contributed by atoms with Crippen molar-refractivity contribution < 1.29 is 0 Å². The van der Waals surface area contributed by atoms with Gasteiger partial charge in [0.1, 0.15) is 18.0 Å². The van der Waals surface area contributed by atoms with Gasteiger partial charge in [-0.3, -0.25) is 0 Å². The second-order valence-corrected chi connectivity index (χ2v) is 5.21. The van der Waals surface area contributed by atoms with E-state index in [0.717, 1.165) is 49.9 Å². The van der Waals surface area contributed by atoms with E-state index in [1.807, 2.05) is 6.92 Å². The number of anilines is 1. The Morgan fingerprint density at radius 1 is 1.11 bits per heavy atom. The van der Waals surface area contributed by atoms with E-state index in [0.29, 0.717) is 0 Å². The summed E-state index contributed by atoms with van der Waals surface area (Å²) in [4.78, 5) is 11.2. The molecule has 1 aliphatic heterocycles. The minimum absolute atomic E-state index is 0.796. The maximum atomic E-state index is 4.51. The first-order valence-corrected chi connectivity index (χ1v) is 6.79. The highest BCUT2D eigenvalue weighted by Crippen LogP contribution is 2.29. The Labute approximate surface area is 111 Å². The summed E-state index contributed by atoms with van der Waals surface area (Å²) in [5.41, 5.74) is 2.57. The molecule has 6 heteroatoms. The third kappa shape index (κ3) is 1.63. The quantitative estimate of drug-likeness (QED) is 0.758. The van der Waals surface area contributed by atoms with Crippen LogP contribution >= 0.6 is 0 Å². The zero-order valence-corrected chi connectivity index (χ0v) is 11.0. The van der Waals surface area contributed by atoms with Gasteiger partial charge < -0.3 is 9.47 Å². The molecule has 2 aromatic rings. The number of aromatic nitrogens is 5. The molecule has 0 atom stereocenters. The van der Waals surface area contributed by atoms with Gasteiger partial charge >= 0.3 is 0 Å². The van der Waals surface area contributed by atoms with Crippen molar-refractivity contribution in [2.24, 2.45) is 0 Å². The lowest BCUT2D eigenvalue weighted by Gasteiger charge is -2.29. The monoisotopic (exact) mass is 256 g/mol. The summed E-state index contributed by atoms with van der Waals surface area (Å²) in [5, 5.41) is 8.41. The number of aryl methyl sites for hydroxylation is 2. The third-order valence-corrected chi connectivity index (χ3v) is 4.09. The highest BCUT2D eigenvalue weighted by molar-refractivity contribution is 5.50. The summed E-state index contributed by atoms with van der Waals surface area (Å²) in [5.74, 6) is 3.14. The smallest absolute Gasteiger partial charge is 0.152 e. The van der Waals surface area contributed by atoms with Gasteiger partial charge in [-0.2, -0.15) is 0 Å². The van der Waals surface area contributed by atoms with Crippen molar-refractivity contribution in [1.82, 2.24) is 24.7 Å². The fraction of sp³-hybridized carbons (Fsp3) is 0.538. The van der Waals surface area contributed by atoms with Crippen LogP contribution in [0.25, 0.3) is 0 Å². The lowest BCUT2D eigenvalue weighted by atomic mass is 10.2. The van der Waals surface area contributed by atoms with Gasteiger partial charge in [-0.15, -0.1) is 10.2 Å². The van der Waals surface area contributed by atoms with Gasteiger partial charge in [0.05, 0.1) is 6.54 Å².